The Balaban J connectivity index is 1.52. The number of carboxylic acid groups (broad SMARTS) is 1. The summed E-state index contributed by atoms with van der Waals surface area (Å²) in [5.74, 6) is -1.36. The monoisotopic (exact) mass is 436 g/mol. The number of carbonyl (C=O) groups is 2. The standard InChI is InChI=1S/C27H32O5/c1-31-26(28)12-8-3-2-7-11-23-24(27(29)30)17-18-25(23)32-19-20-13-15-22(16-14-20)21-9-5-4-6-10-21/h2,4-7,9-10,13-16,23-25H,3,8,11-12,17-19H2,1H3,(H,29,30)/t23-,24+,25+/m1/s1. The lowest BCUT2D eigenvalue weighted by atomic mass is 9.91. The van der Waals surface area contributed by atoms with Crippen molar-refractivity contribution in [2.45, 2.75) is 51.2 Å². The molecule has 0 radical (unpaired) electrons. The quantitative estimate of drug-likeness (QED) is 0.280. The second-order valence-corrected chi connectivity index (χ2v) is 8.27. The van der Waals surface area contributed by atoms with Gasteiger partial charge in [-0.1, -0.05) is 66.7 Å². The van der Waals surface area contributed by atoms with Crippen molar-refractivity contribution in [2.24, 2.45) is 11.8 Å². The number of hydrogen-bond donors (Lipinski definition) is 1. The summed E-state index contributed by atoms with van der Waals surface area (Å²) >= 11 is 0. The molecule has 1 N–H and O–H groups in total. The lowest BCUT2D eigenvalue weighted by Crippen LogP contribution is -2.26. The first-order chi connectivity index (χ1) is 15.6. The van der Waals surface area contributed by atoms with Crippen LogP contribution in [0.3, 0.4) is 0 Å². The molecule has 0 amide bonds. The SMILES string of the molecule is COC(=O)CCCC=CC[C@H]1[C@@H](OCc2ccc(-c3ccccc3)cc2)CC[C@@H]1C(=O)O. The summed E-state index contributed by atoms with van der Waals surface area (Å²) in [4.78, 5) is 22.9. The number of rotatable bonds is 11. The topological polar surface area (TPSA) is 72.8 Å². The summed E-state index contributed by atoms with van der Waals surface area (Å²) in [6.07, 6.45) is 7.99. The predicted molar refractivity (Wildman–Crippen MR) is 124 cm³/mol. The average Bonchev–Trinajstić information content (AvgIpc) is 3.23. The van der Waals surface area contributed by atoms with E-state index in [1.165, 1.54) is 12.7 Å². The average molecular weight is 437 g/mol. The normalized spacial score (nSPS) is 20.5. The number of aliphatic carboxylic acids is 1. The Kier molecular flexibility index (Phi) is 9.05. The van der Waals surface area contributed by atoms with Crippen molar-refractivity contribution in [2.75, 3.05) is 7.11 Å². The molecule has 0 spiro atoms. The fourth-order valence-electron chi connectivity index (χ4n) is 4.33. The van der Waals surface area contributed by atoms with E-state index < -0.39 is 5.97 Å². The summed E-state index contributed by atoms with van der Waals surface area (Å²) in [5.41, 5.74) is 3.43. The molecule has 5 nitrogen and oxygen atoms in total. The Bertz CT molecular complexity index is 888. The molecule has 1 aliphatic carbocycles. The number of ether oxygens (including phenoxy) is 2. The van der Waals surface area contributed by atoms with E-state index >= 15 is 0 Å². The molecule has 1 fully saturated rings. The van der Waals surface area contributed by atoms with Gasteiger partial charge in [0.2, 0.25) is 0 Å². The van der Waals surface area contributed by atoms with Crippen LogP contribution in [0.25, 0.3) is 11.1 Å². The Morgan fingerprint density at radius 1 is 1.00 bits per heavy atom. The fourth-order valence-corrected chi connectivity index (χ4v) is 4.33. The minimum Gasteiger partial charge on any atom is -0.481 e. The molecule has 32 heavy (non-hydrogen) atoms. The number of esters is 1. The van der Waals surface area contributed by atoms with Crippen molar-refractivity contribution in [1.82, 2.24) is 0 Å². The molecule has 0 bridgehead atoms. The maximum Gasteiger partial charge on any atom is 0.306 e. The van der Waals surface area contributed by atoms with Gasteiger partial charge in [-0.3, -0.25) is 9.59 Å². The van der Waals surface area contributed by atoms with E-state index in [0.717, 1.165) is 30.4 Å². The van der Waals surface area contributed by atoms with Crippen LogP contribution in [0.4, 0.5) is 0 Å². The first-order valence-corrected chi connectivity index (χ1v) is 11.3. The van der Waals surface area contributed by atoms with Gasteiger partial charge in [0.25, 0.3) is 0 Å². The Labute approximate surface area is 190 Å². The second kappa shape index (κ2) is 12.2. The molecule has 0 aromatic heterocycles. The zero-order valence-corrected chi connectivity index (χ0v) is 18.6. The van der Waals surface area contributed by atoms with Crippen LogP contribution in [0.5, 0.6) is 0 Å². The van der Waals surface area contributed by atoms with Crippen LogP contribution in [0.15, 0.2) is 66.7 Å². The molecule has 2 aromatic carbocycles. The van der Waals surface area contributed by atoms with Gasteiger partial charge in [-0.2, -0.15) is 0 Å². The molecule has 3 atom stereocenters. The molecule has 2 aromatic rings. The van der Waals surface area contributed by atoms with Crippen molar-refractivity contribution in [3.8, 4) is 11.1 Å². The number of carboxylic acids is 1. The van der Waals surface area contributed by atoms with Gasteiger partial charge in [-0.25, -0.2) is 0 Å². The number of allylic oxidation sites excluding steroid dienone is 2. The molecule has 5 heteroatoms. The van der Waals surface area contributed by atoms with Crippen molar-refractivity contribution in [1.29, 1.82) is 0 Å². The van der Waals surface area contributed by atoms with E-state index in [4.69, 9.17) is 4.74 Å². The van der Waals surface area contributed by atoms with E-state index in [2.05, 4.69) is 41.1 Å². The lowest BCUT2D eigenvalue weighted by molar-refractivity contribution is -0.144. The van der Waals surface area contributed by atoms with Gasteiger partial charge < -0.3 is 14.6 Å². The number of benzene rings is 2. The third-order valence-corrected chi connectivity index (χ3v) is 6.15. The van der Waals surface area contributed by atoms with Gasteiger partial charge in [0.15, 0.2) is 0 Å². The zero-order valence-electron chi connectivity index (χ0n) is 18.6. The highest BCUT2D eigenvalue weighted by atomic mass is 16.5. The molecule has 1 saturated carbocycles. The number of methoxy groups -OCH3 is 1. The molecular formula is C27H32O5. The van der Waals surface area contributed by atoms with E-state index in [-0.39, 0.29) is 23.9 Å². The van der Waals surface area contributed by atoms with Gasteiger partial charge >= 0.3 is 11.9 Å². The van der Waals surface area contributed by atoms with Crippen LogP contribution in [-0.4, -0.2) is 30.3 Å². The van der Waals surface area contributed by atoms with Crippen LogP contribution < -0.4 is 0 Å². The molecular weight excluding hydrogens is 404 g/mol. The summed E-state index contributed by atoms with van der Waals surface area (Å²) in [7, 11) is 1.39. The van der Waals surface area contributed by atoms with E-state index in [9.17, 15) is 14.7 Å². The van der Waals surface area contributed by atoms with Crippen LogP contribution in [0.2, 0.25) is 0 Å². The summed E-state index contributed by atoms with van der Waals surface area (Å²) in [5, 5.41) is 9.62. The van der Waals surface area contributed by atoms with Crippen LogP contribution in [-0.2, 0) is 25.7 Å². The maximum absolute atomic E-state index is 11.7. The van der Waals surface area contributed by atoms with Crippen molar-refractivity contribution >= 4 is 11.9 Å². The molecule has 0 saturated heterocycles. The first-order valence-electron chi connectivity index (χ1n) is 11.3. The molecule has 0 aliphatic heterocycles. The van der Waals surface area contributed by atoms with Gasteiger partial charge in [0, 0.05) is 12.3 Å². The van der Waals surface area contributed by atoms with Gasteiger partial charge in [0.05, 0.1) is 25.7 Å². The molecule has 3 rings (SSSR count). The van der Waals surface area contributed by atoms with Gasteiger partial charge in [-0.05, 0) is 48.8 Å². The minimum atomic E-state index is -0.743. The Morgan fingerprint density at radius 2 is 1.72 bits per heavy atom. The number of hydrogen-bond acceptors (Lipinski definition) is 4. The van der Waals surface area contributed by atoms with E-state index in [1.54, 1.807) is 0 Å². The molecule has 0 heterocycles. The zero-order chi connectivity index (χ0) is 22.8. The van der Waals surface area contributed by atoms with Crippen LogP contribution >= 0.6 is 0 Å². The lowest BCUT2D eigenvalue weighted by Gasteiger charge is -2.22. The van der Waals surface area contributed by atoms with E-state index in [0.29, 0.717) is 25.9 Å². The van der Waals surface area contributed by atoms with Crippen molar-refractivity contribution in [3.63, 3.8) is 0 Å². The number of carbonyl (C=O) groups excluding carboxylic acids is 1. The highest BCUT2D eigenvalue weighted by molar-refractivity contribution is 5.71. The van der Waals surface area contributed by atoms with Crippen molar-refractivity contribution in [3.05, 3.63) is 72.3 Å². The molecule has 0 unspecified atom stereocenters. The van der Waals surface area contributed by atoms with Crippen LogP contribution in [0.1, 0.15) is 44.1 Å². The van der Waals surface area contributed by atoms with Crippen molar-refractivity contribution < 1.29 is 24.2 Å². The first kappa shape index (κ1) is 23.7. The highest BCUT2D eigenvalue weighted by Crippen LogP contribution is 2.37. The predicted octanol–water partition coefficient (Wildman–Crippen LogP) is 5.64. The summed E-state index contributed by atoms with van der Waals surface area (Å²) in [6.45, 7) is 0.478. The Hall–Kier alpha value is -2.92. The molecule has 170 valence electrons. The number of unbranched alkanes of at least 4 members (excludes halogenated alkanes) is 1. The van der Waals surface area contributed by atoms with Gasteiger partial charge in [0.1, 0.15) is 0 Å². The largest absolute Gasteiger partial charge is 0.481 e. The second-order valence-electron chi connectivity index (χ2n) is 8.27. The van der Waals surface area contributed by atoms with Gasteiger partial charge in [-0.15, -0.1) is 0 Å². The highest BCUT2D eigenvalue weighted by Gasteiger charge is 2.40. The minimum absolute atomic E-state index is 0.0343. The smallest absolute Gasteiger partial charge is 0.306 e. The third-order valence-electron chi connectivity index (χ3n) is 6.15. The summed E-state index contributed by atoms with van der Waals surface area (Å²) in [6, 6.07) is 18.6. The molecule has 1 aliphatic rings. The fraction of sp³-hybridized carbons (Fsp3) is 0.407. The Morgan fingerprint density at radius 3 is 2.41 bits per heavy atom. The summed E-state index contributed by atoms with van der Waals surface area (Å²) < 4.78 is 10.8. The maximum atomic E-state index is 11.7. The van der Waals surface area contributed by atoms with Crippen LogP contribution in [0, 0.1) is 11.8 Å². The van der Waals surface area contributed by atoms with E-state index in [1.807, 2.05) is 30.4 Å². The third kappa shape index (κ3) is 6.79.